The first-order chi connectivity index (χ1) is 14.4. The van der Waals surface area contributed by atoms with E-state index in [1.165, 1.54) is 0 Å². The molecule has 0 aromatic heterocycles. The van der Waals surface area contributed by atoms with Crippen molar-refractivity contribution in [2.75, 3.05) is 31.0 Å². The third kappa shape index (κ3) is 4.80. The van der Waals surface area contributed by atoms with Crippen LogP contribution in [-0.2, 0) is 24.8 Å². The van der Waals surface area contributed by atoms with Crippen LogP contribution in [0.4, 0.5) is 14.5 Å². The summed E-state index contributed by atoms with van der Waals surface area (Å²) in [6.45, 7) is 0.256. The number of halogens is 3. The predicted octanol–water partition coefficient (Wildman–Crippen LogP) is 2.14. The largest absolute Gasteiger partial charge is 0.478 e. The maximum Gasteiger partial charge on any atom is 0.338 e. The standard InChI is InChI=1S/C17H15ClF2N2O7S2/c18-12-9-14(20)11(17(23)24)8-15(12)30(25,26)21-10-1-2-13(19)16(7-10)31(27,28)22-3-5-29-6-4-22/h1-2,7-9,21H,3-6H2,(H,23,24). The first kappa shape index (κ1) is 23.3. The van der Waals surface area contributed by atoms with Gasteiger partial charge in [0.2, 0.25) is 10.0 Å². The van der Waals surface area contributed by atoms with Gasteiger partial charge in [-0.3, -0.25) is 4.72 Å². The van der Waals surface area contributed by atoms with Gasteiger partial charge in [-0.05, 0) is 30.3 Å². The lowest BCUT2D eigenvalue weighted by Gasteiger charge is -2.26. The Labute approximate surface area is 181 Å². The van der Waals surface area contributed by atoms with E-state index in [0.29, 0.717) is 12.1 Å². The maximum atomic E-state index is 14.3. The average molecular weight is 497 g/mol. The van der Waals surface area contributed by atoms with Crippen LogP contribution in [0, 0.1) is 11.6 Å². The first-order valence-corrected chi connectivity index (χ1v) is 11.9. The molecule has 0 bridgehead atoms. The lowest BCUT2D eigenvalue weighted by molar-refractivity contribution is 0.0691. The first-order valence-electron chi connectivity index (χ1n) is 8.56. The number of rotatable bonds is 6. The summed E-state index contributed by atoms with van der Waals surface area (Å²) in [4.78, 5) is 9.58. The summed E-state index contributed by atoms with van der Waals surface area (Å²) in [5, 5.41) is 8.40. The molecule has 31 heavy (non-hydrogen) atoms. The van der Waals surface area contributed by atoms with Gasteiger partial charge in [-0.15, -0.1) is 0 Å². The van der Waals surface area contributed by atoms with Crippen molar-refractivity contribution in [2.24, 2.45) is 0 Å². The summed E-state index contributed by atoms with van der Waals surface area (Å²) in [7, 11) is -8.86. The molecule has 14 heteroatoms. The lowest BCUT2D eigenvalue weighted by atomic mass is 10.2. The van der Waals surface area contributed by atoms with E-state index in [1.807, 2.05) is 4.72 Å². The zero-order chi connectivity index (χ0) is 23.0. The Morgan fingerprint density at radius 2 is 1.68 bits per heavy atom. The highest BCUT2D eigenvalue weighted by atomic mass is 35.5. The molecule has 0 unspecified atom stereocenters. The van der Waals surface area contributed by atoms with Gasteiger partial charge in [-0.2, -0.15) is 4.31 Å². The number of aromatic carboxylic acids is 1. The normalized spacial score (nSPS) is 15.6. The van der Waals surface area contributed by atoms with Crippen LogP contribution in [0.5, 0.6) is 0 Å². The van der Waals surface area contributed by atoms with E-state index >= 15 is 0 Å². The molecule has 168 valence electrons. The highest BCUT2D eigenvalue weighted by Crippen LogP contribution is 2.29. The van der Waals surface area contributed by atoms with E-state index in [1.54, 1.807) is 0 Å². The van der Waals surface area contributed by atoms with Gasteiger partial charge in [-0.25, -0.2) is 30.4 Å². The molecule has 1 fully saturated rings. The molecule has 0 saturated carbocycles. The molecule has 0 amide bonds. The molecular weight excluding hydrogens is 482 g/mol. The van der Waals surface area contributed by atoms with Gasteiger partial charge in [0, 0.05) is 13.1 Å². The third-order valence-electron chi connectivity index (χ3n) is 4.31. The summed E-state index contributed by atoms with van der Waals surface area (Å²) in [5.74, 6) is -4.05. The number of hydrogen-bond acceptors (Lipinski definition) is 6. The summed E-state index contributed by atoms with van der Waals surface area (Å²) in [5.41, 5.74) is -1.26. The monoisotopic (exact) mass is 496 g/mol. The van der Waals surface area contributed by atoms with Crippen LogP contribution in [0.2, 0.25) is 5.02 Å². The molecule has 1 saturated heterocycles. The molecule has 0 atom stereocenters. The molecule has 1 aliphatic heterocycles. The quantitative estimate of drug-likeness (QED) is 0.626. The van der Waals surface area contributed by atoms with Crippen LogP contribution in [0.25, 0.3) is 0 Å². The van der Waals surface area contributed by atoms with Crippen molar-refractivity contribution >= 4 is 43.3 Å². The minimum absolute atomic E-state index is 0.000874. The molecule has 9 nitrogen and oxygen atoms in total. The molecular formula is C17H15ClF2N2O7S2. The van der Waals surface area contributed by atoms with E-state index in [9.17, 15) is 30.4 Å². The average Bonchev–Trinajstić information content (AvgIpc) is 2.69. The summed E-state index contributed by atoms with van der Waals surface area (Å²) in [6.07, 6.45) is 0. The Kier molecular flexibility index (Phi) is 6.53. The van der Waals surface area contributed by atoms with E-state index in [4.69, 9.17) is 21.4 Å². The van der Waals surface area contributed by atoms with Gasteiger partial charge in [0.25, 0.3) is 10.0 Å². The van der Waals surface area contributed by atoms with Gasteiger partial charge in [0.05, 0.1) is 29.5 Å². The van der Waals surface area contributed by atoms with Crippen molar-refractivity contribution in [3.05, 3.63) is 52.6 Å². The number of carbonyl (C=O) groups is 1. The van der Waals surface area contributed by atoms with Gasteiger partial charge < -0.3 is 9.84 Å². The highest BCUT2D eigenvalue weighted by molar-refractivity contribution is 7.93. The Balaban J connectivity index is 1.99. The van der Waals surface area contributed by atoms with Gasteiger partial charge in [0.15, 0.2) is 0 Å². The van der Waals surface area contributed by atoms with E-state index in [-0.39, 0.29) is 32.0 Å². The number of carboxylic acid groups (broad SMARTS) is 1. The molecule has 0 aliphatic carbocycles. The Bertz CT molecular complexity index is 1250. The number of sulfonamides is 2. The SMILES string of the molecule is O=C(O)c1cc(S(=O)(=O)Nc2ccc(F)c(S(=O)(=O)N3CCOCC3)c2)c(Cl)cc1F. The zero-order valence-corrected chi connectivity index (χ0v) is 17.9. The molecule has 0 spiro atoms. The maximum absolute atomic E-state index is 14.3. The minimum Gasteiger partial charge on any atom is -0.478 e. The molecule has 0 radical (unpaired) electrons. The summed E-state index contributed by atoms with van der Waals surface area (Å²) >= 11 is 5.76. The second kappa shape index (κ2) is 8.67. The molecule has 2 aromatic carbocycles. The Morgan fingerprint density at radius 1 is 1.03 bits per heavy atom. The summed E-state index contributed by atoms with van der Waals surface area (Å²) in [6, 6.07) is 3.57. The van der Waals surface area contributed by atoms with Gasteiger partial charge >= 0.3 is 5.97 Å². The van der Waals surface area contributed by atoms with Crippen molar-refractivity contribution in [3.63, 3.8) is 0 Å². The van der Waals surface area contributed by atoms with Crippen molar-refractivity contribution in [1.82, 2.24) is 4.31 Å². The van der Waals surface area contributed by atoms with Gasteiger partial charge in [0.1, 0.15) is 21.4 Å². The second-order valence-electron chi connectivity index (χ2n) is 6.33. The van der Waals surface area contributed by atoms with E-state index in [2.05, 4.69) is 0 Å². The van der Waals surface area contributed by atoms with Gasteiger partial charge in [-0.1, -0.05) is 11.6 Å². The molecule has 1 aliphatic rings. The van der Waals surface area contributed by atoms with Crippen LogP contribution in [0.3, 0.4) is 0 Å². The number of benzene rings is 2. The van der Waals surface area contributed by atoms with Crippen molar-refractivity contribution in [1.29, 1.82) is 0 Å². The van der Waals surface area contributed by atoms with Crippen LogP contribution in [0.15, 0.2) is 40.1 Å². The predicted molar refractivity (Wildman–Crippen MR) is 105 cm³/mol. The smallest absolute Gasteiger partial charge is 0.338 e. The van der Waals surface area contributed by atoms with Crippen LogP contribution in [-0.4, -0.2) is 58.5 Å². The molecule has 2 aromatic rings. The Morgan fingerprint density at radius 3 is 2.29 bits per heavy atom. The number of carboxylic acids is 1. The third-order valence-corrected chi connectivity index (χ3v) is 8.07. The number of morpholine rings is 1. The molecule has 1 heterocycles. The fraction of sp³-hybridized carbons (Fsp3) is 0.235. The number of anilines is 1. The number of ether oxygens (including phenoxy) is 1. The van der Waals surface area contributed by atoms with E-state index in [0.717, 1.165) is 22.5 Å². The fourth-order valence-electron chi connectivity index (χ4n) is 2.80. The number of nitrogens with zero attached hydrogens (tertiary/aromatic N) is 1. The number of hydrogen-bond donors (Lipinski definition) is 2. The topological polar surface area (TPSA) is 130 Å². The van der Waals surface area contributed by atoms with Crippen LogP contribution >= 0.6 is 11.6 Å². The van der Waals surface area contributed by atoms with Crippen molar-refractivity contribution in [2.45, 2.75) is 9.79 Å². The second-order valence-corrected chi connectivity index (χ2v) is 10.3. The van der Waals surface area contributed by atoms with E-state index < -0.39 is 58.0 Å². The highest BCUT2D eigenvalue weighted by Gasteiger charge is 2.30. The number of nitrogens with one attached hydrogen (secondary N) is 1. The van der Waals surface area contributed by atoms with Crippen LogP contribution < -0.4 is 4.72 Å². The Hall–Kier alpha value is -2.32. The minimum atomic E-state index is -4.58. The van der Waals surface area contributed by atoms with Crippen molar-refractivity contribution in [3.8, 4) is 0 Å². The van der Waals surface area contributed by atoms with Crippen molar-refractivity contribution < 1.29 is 40.3 Å². The van der Waals surface area contributed by atoms with Crippen LogP contribution in [0.1, 0.15) is 10.4 Å². The molecule has 2 N–H and O–H groups in total. The zero-order valence-electron chi connectivity index (χ0n) is 15.5. The fourth-order valence-corrected chi connectivity index (χ4v) is 5.89. The lowest BCUT2D eigenvalue weighted by Crippen LogP contribution is -2.40. The molecule has 3 rings (SSSR count). The summed E-state index contributed by atoms with van der Waals surface area (Å²) < 4.78 is 86.9.